The highest BCUT2D eigenvalue weighted by atomic mass is 79.9. The molecule has 0 aliphatic rings. The maximum atomic E-state index is 12.1. The van der Waals surface area contributed by atoms with E-state index in [4.69, 9.17) is 11.6 Å². The van der Waals surface area contributed by atoms with Gasteiger partial charge in [0.05, 0.1) is 29.1 Å². The number of pyridine rings is 1. The minimum absolute atomic E-state index is 0.174. The fraction of sp³-hybridized carbons (Fsp3) is 0.0769. The van der Waals surface area contributed by atoms with Crippen LogP contribution >= 0.6 is 27.5 Å². The monoisotopic (exact) mass is 340 g/mol. The predicted molar refractivity (Wildman–Crippen MR) is 77.3 cm³/mol. The van der Waals surface area contributed by atoms with E-state index >= 15 is 0 Å². The number of carbonyl (C=O) groups is 1. The quantitative estimate of drug-likeness (QED) is 0.901. The number of nitrogens with zero attached hydrogens (tertiary/aromatic N) is 1. The van der Waals surface area contributed by atoms with Gasteiger partial charge in [-0.3, -0.25) is 9.78 Å². The summed E-state index contributed by atoms with van der Waals surface area (Å²) in [6.07, 6.45) is 3.03. The molecule has 0 saturated heterocycles. The molecule has 0 aliphatic heterocycles. The van der Waals surface area contributed by atoms with E-state index in [2.05, 4.69) is 26.2 Å². The number of anilines is 1. The van der Waals surface area contributed by atoms with E-state index in [1.807, 2.05) is 0 Å². The highest BCUT2D eigenvalue weighted by molar-refractivity contribution is 9.10. The summed E-state index contributed by atoms with van der Waals surface area (Å²) in [4.78, 5) is 16.0. The molecule has 0 aliphatic carbocycles. The molecule has 1 heterocycles. The van der Waals surface area contributed by atoms with Gasteiger partial charge in [-0.25, -0.2) is 0 Å². The van der Waals surface area contributed by atoms with Crippen LogP contribution in [-0.4, -0.2) is 16.0 Å². The molecule has 0 spiro atoms. The lowest BCUT2D eigenvalue weighted by Gasteiger charge is -2.09. The number of halogens is 2. The van der Waals surface area contributed by atoms with Crippen molar-refractivity contribution in [3.63, 3.8) is 0 Å². The zero-order chi connectivity index (χ0) is 13.8. The van der Waals surface area contributed by atoms with Crippen molar-refractivity contribution in [2.75, 3.05) is 5.32 Å². The second-order valence-electron chi connectivity index (χ2n) is 3.77. The molecule has 19 heavy (non-hydrogen) atoms. The molecule has 0 unspecified atom stereocenters. The fourth-order valence-electron chi connectivity index (χ4n) is 1.54. The molecule has 0 fully saturated rings. The lowest BCUT2D eigenvalue weighted by molar-refractivity contribution is 0.102. The Labute approximate surface area is 123 Å². The van der Waals surface area contributed by atoms with E-state index in [0.29, 0.717) is 21.8 Å². The Hall–Kier alpha value is -1.43. The van der Waals surface area contributed by atoms with Crippen LogP contribution in [0.1, 0.15) is 15.9 Å². The first kappa shape index (κ1) is 14.0. The van der Waals surface area contributed by atoms with E-state index in [9.17, 15) is 9.90 Å². The third-order valence-electron chi connectivity index (χ3n) is 2.51. The number of rotatable bonds is 3. The second-order valence-corrected chi connectivity index (χ2v) is 5.09. The van der Waals surface area contributed by atoms with Gasteiger partial charge in [0.2, 0.25) is 0 Å². The Kier molecular flexibility index (Phi) is 4.52. The van der Waals surface area contributed by atoms with Gasteiger partial charge in [0.1, 0.15) is 0 Å². The van der Waals surface area contributed by atoms with Crippen LogP contribution in [0.15, 0.2) is 41.1 Å². The number of carbonyl (C=O) groups excluding carboxylic acids is 1. The first-order valence-electron chi connectivity index (χ1n) is 5.42. The van der Waals surface area contributed by atoms with Gasteiger partial charge in [0.15, 0.2) is 0 Å². The van der Waals surface area contributed by atoms with Crippen molar-refractivity contribution in [1.82, 2.24) is 4.98 Å². The van der Waals surface area contributed by atoms with Gasteiger partial charge in [-0.2, -0.15) is 0 Å². The van der Waals surface area contributed by atoms with Gasteiger partial charge in [-0.1, -0.05) is 27.5 Å². The largest absolute Gasteiger partial charge is 0.392 e. The van der Waals surface area contributed by atoms with Crippen molar-refractivity contribution in [2.45, 2.75) is 6.61 Å². The van der Waals surface area contributed by atoms with Crippen molar-refractivity contribution in [3.8, 4) is 0 Å². The number of benzene rings is 1. The molecular weight excluding hydrogens is 332 g/mol. The summed E-state index contributed by atoms with van der Waals surface area (Å²) >= 11 is 9.28. The Bertz CT molecular complexity index is 619. The normalized spacial score (nSPS) is 10.3. The standard InChI is InChI=1S/C13H10BrClN2O2/c14-9-1-2-10(11(15)5-9)13(19)17-12-6-16-4-3-8(12)7-18/h1-6,18H,7H2,(H,17,19). The summed E-state index contributed by atoms with van der Waals surface area (Å²) < 4.78 is 0.798. The number of hydrogen-bond acceptors (Lipinski definition) is 3. The van der Waals surface area contributed by atoms with Crippen molar-refractivity contribution >= 4 is 39.1 Å². The molecule has 98 valence electrons. The van der Waals surface area contributed by atoms with Crippen molar-refractivity contribution in [3.05, 3.63) is 57.3 Å². The number of nitrogens with one attached hydrogen (secondary N) is 1. The molecule has 1 aromatic carbocycles. The number of aliphatic hydroxyl groups is 1. The molecule has 0 bridgehead atoms. The van der Waals surface area contributed by atoms with Gasteiger partial charge in [0.25, 0.3) is 5.91 Å². The summed E-state index contributed by atoms with van der Waals surface area (Å²) in [6.45, 7) is -0.174. The zero-order valence-corrected chi connectivity index (χ0v) is 12.1. The number of aromatic nitrogens is 1. The number of aliphatic hydroxyl groups excluding tert-OH is 1. The van der Waals surface area contributed by atoms with E-state index in [1.165, 1.54) is 6.20 Å². The summed E-state index contributed by atoms with van der Waals surface area (Å²) in [7, 11) is 0. The van der Waals surface area contributed by atoms with E-state index in [0.717, 1.165) is 4.47 Å². The van der Waals surface area contributed by atoms with Gasteiger partial charge in [-0.05, 0) is 24.3 Å². The molecule has 4 nitrogen and oxygen atoms in total. The Morgan fingerprint density at radius 3 is 2.89 bits per heavy atom. The van der Waals surface area contributed by atoms with Crippen LogP contribution in [0, 0.1) is 0 Å². The molecule has 2 N–H and O–H groups in total. The maximum Gasteiger partial charge on any atom is 0.257 e. The number of hydrogen-bond donors (Lipinski definition) is 2. The van der Waals surface area contributed by atoms with Crippen LogP contribution in [0.5, 0.6) is 0 Å². The minimum Gasteiger partial charge on any atom is -0.392 e. The highest BCUT2D eigenvalue weighted by Gasteiger charge is 2.12. The third kappa shape index (κ3) is 3.32. The third-order valence-corrected chi connectivity index (χ3v) is 3.31. The molecule has 6 heteroatoms. The molecule has 2 aromatic rings. The van der Waals surface area contributed by atoms with Crippen LogP contribution in [0.4, 0.5) is 5.69 Å². The highest BCUT2D eigenvalue weighted by Crippen LogP contribution is 2.23. The first-order chi connectivity index (χ1) is 9.11. The molecule has 2 rings (SSSR count). The molecule has 1 aromatic heterocycles. The van der Waals surface area contributed by atoms with Crippen LogP contribution in [0.3, 0.4) is 0 Å². The van der Waals surface area contributed by atoms with Gasteiger partial charge < -0.3 is 10.4 Å². The van der Waals surface area contributed by atoms with Gasteiger partial charge >= 0.3 is 0 Å². The molecule has 0 atom stereocenters. The molecule has 0 radical (unpaired) electrons. The summed E-state index contributed by atoms with van der Waals surface area (Å²) in [6, 6.07) is 6.64. The maximum absolute atomic E-state index is 12.1. The smallest absolute Gasteiger partial charge is 0.257 e. The van der Waals surface area contributed by atoms with Crippen molar-refractivity contribution in [2.24, 2.45) is 0 Å². The fourth-order valence-corrected chi connectivity index (χ4v) is 2.30. The molecular formula is C13H10BrClN2O2. The van der Waals surface area contributed by atoms with E-state index in [1.54, 1.807) is 30.5 Å². The second kappa shape index (κ2) is 6.14. The lowest BCUT2D eigenvalue weighted by Crippen LogP contribution is -2.14. The summed E-state index contributed by atoms with van der Waals surface area (Å²) in [5.41, 5.74) is 1.42. The number of amides is 1. The minimum atomic E-state index is -0.347. The Morgan fingerprint density at radius 2 is 2.21 bits per heavy atom. The van der Waals surface area contributed by atoms with E-state index < -0.39 is 0 Å². The summed E-state index contributed by atoms with van der Waals surface area (Å²) in [5.74, 6) is -0.347. The van der Waals surface area contributed by atoms with Crippen molar-refractivity contribution < 1.29 is 9.90 Å². The average molecular weight is 342 g/mol. The zero-order valence-electron chi connectivity index (χ0n) is 9.73. The van der Waals surface area contributed by atoms with E-state index in [-0.39, 0.29) is 12.5 Å². The molecule has 0 saturated carbocycles. The first-order valence-corrected chi connectivity index (χ1v) is 6.59. The van der Waals surface area contributed by atoms with Crippen LogP contribution in [-0.2, 0) is 6.61 Å². The summed E-state index contributed by atoms with van der Waals surface area (Å²) in [5, 5.41) is 12.2. The van der Waals surface area contributed by atoms with Crippen molar-refractivity contribution in [1.29, 1.82) is 0 Å². The lowest BCUT2D eigenvalue weighted by atomic mass is 10.2. The average Bonchev–Trinajstić information content (AvgIpc) is 2.39. The Morgan fingerprint density at radius 1 is 1.42 bits per heavy atom. The SMILES string of the molecule is O=C(Nc1cnccc1CO)c1ccc(Br)cc1Cl. The topological polar surface area (TPSA) is 62.2 Å². The van der Waals surface area contributed by atoms with Crippen LogP contribution in [0.25, 0.3) is 0 Å². The molecule has 1 amide bonds. The predicted octanol–water partition coefficient (Wildman–Crippen LogP) is 3.24. The van der Waals surface area contributed by atoms with Crippen LogP contribution < -0.4 is 5.32 Å². The van der Waals surface area contributed by atoms with Gasteiger partial charge in [0, 0.05) is 16.2 Å². The van der Waals surface area contributed by atoms with Crippen LogP contribution in [0.2, 0.25) is 5.02 Å². The Balaban J connectivity index is 2.26. The van der Waals surface area contributed by atoms with Gasteiger partial charge in [-0.15, -0.1) is 0 Å².